The van der Waals surface area contributed by atoms with Crippen molar-refractivity contribution in [2.45, 2.75) is 19.6 Å². The van der Waals surface area contributed by atoms with Crippen LogP contribution in [-0.4, -0.2) is 56.1 Å². The van der Waals surface area contributed by atoms with E-state index in [-0.39, 0.29) is 12.7 Å². The van der Waals surface area contributed by atoms with Gasteiger partial charge in [0, 0.05) is 29.7 Å². The predicted molar refractivity (Wildman–Crippen MR) is 81.3 cm³/mol. The summed E-state index contributed by atoms with van der Waals surface area (Å²) in [7, 11) is 1.55. The van der Waals surface area contributed by atoms with E-state index in [1.165, 1.54) is 0 Å². The lowest BCUT2D eigenvalue weighted by Gasteiger charge is -2.32. The minimum Gasteiger partial charge on any atom is -0.493 e. The number of likely N-dealkylation sites (N-methyl/N-ethyl adjacent to an activating group) is 1. The van der Waals surface area contributed by atoms with Crippen molar-refractivity contribution in [2.75, 3.05) is 40.0 Å². The molecule has 1 aromatic carbocycles. The van der Waals surface area contributed by atoms with E-state index >= 15 is 0 Å². The lowest BCUT2D eigenvalue weighted by molar-refractivity contribution is -0.0469. The molecule has 1 aliphatic heterocycles. The van der Waals surface area contributed by atoms with Gasteiger partial charge >= 0.3 is 0 Å². The summed E-state index contributed by atoms with van der Waals surface area (Å²) in [4.78, 5) is 2.32. The van der Waals surface area contributed by atoms with E-state index in [2.05, 4.69) is 11.8 Å². The van der Waals surface area contributed by atoms with Gasteiger partial charge in [0.15, 0.2) is 11.5 Å². The third-order valence-corrected chi connectivity index (χ3v) is 3.79. The van der Waals surface area contributed by atoms with E-state index in [9.17, 15) is 5.11 Å². The summed E-state index contributed by atoms with van der Waals surface area (Å²) in [6.07, 6.45) is 0.0191. The third-order valence-electron chi connectivity index (χ3n) is 3.57. The number of rotatable bonds is 6. The number of ether oxygens (including phenoxy) is 3. The molecule has 0 saturated carbocycles. The Hall–Kier alpha value is -1.01. The van der Waals surface area contributed by atoms with Crippen molar-refractivity contribution < 1.29 is 19.3 Å². The summed E-state index contributed by atoms with van der Waals surface area (Å²) >= 11 is 5.99. The number of methoxy groups -OCH3 is 1. The maximum absolute atomic E-state index is 9.45. The standard InChI is InChI=1S/C15H22ClNO4/c1-3-17-4-5-20-13(8-17)10-21-15-11(9-18)6-12(16)7-14(15)19-2/h6-7,13,18H,3-5,8-10H2,1-2H3. The van der Waals surface area contributed by atoms with Gasteiger partial charge in [-0.2, -0.15) is 0 Å². The molecule has 1 heterocycles. The predicted octanol–water partition coefficient (Wildman–Crippen LogP) is 1.94. The molecule has 118 valence electrons. The number of morpholine rings is 1. The van der Waals surface area contributed by atoms with Crippen LogP contribution in [-0.2, 0) is 11.3 Å². The molecule has 0 amide bonds. The molecule has 1 aliphatic rings. The van der Waals surface area contributed by atoms with Crippen molar-refractivity contribution in [3.8, 4) is 11.5 Å². The molecule has 6 heteroatoms. The van der Waals surface area contributed by atoms with Crippen molar-refractivity contribution in [2.24, 2.45) is 0 Å². The van der Waals surface area contributed by atoms with E-state index < -0.39 is 0 Å². The molecular formula is C15H22ClNO4. The fraction of sp³-hybridized carbons (Fsp3) is 0.600. The normalized spacial score (nSPS) is 19.5. The van der Waals surface area contributed by atoms with Crippen LogP contribution in [0.2, 0.25) is 5.02 Å². The smallest absolute Gasteiger partial charge is 0.166 e. The highest BCUT2D eigenvalue weighted by atomic mass is 35.5. The molecular weight excluding hydrogens is 294 g/mol. The zero-order valence-corrected chi connectivity index (χ0v) is 13.2. The number of hydrogen-bond donors (Lipinski definition) is 1. The number of benzene rings is 1. The van der Waals surface area contributed by atoms with Crippen LogP contribution >= 0.6 is 11.6 Å². The maximum Gasteiger partial charge on any atom is 0.166 e. The Balaban J connectivity index is 2.05. The molecule has 0 bridgehead atoms. The van der Waals surface area contributed by atoms with Crippen LogP contribution in [0.3, 0.4) is 0 Å². The molecule has 1 fully saturated rings. The third kappa shape index (κ3) is 4.23. The van der Waals surface area contributed by atoms with Crippen molar-refractivity contribution in [1.29, 1.82) is 0 Å². The summed E-state index contributed by atoms with van der Waals surface area (Å²) in [6, 6.07) is 3.36. The minimum atomic E-state index is -0.154. The van der Waals surface area contributed by atoms with Gasteiger partial charge in [0.1, 0.15) is 12.7 Å². The summed E-state index contributed by atoms with van der Waals surface area (Å²) < 4.78 is 16.8. The monoisotopic (exact) mass is 315 g/mol. The zero-order valence-electron chi connectivity index (χ0n) is 12.5. The summed E-state index contributed by atoms with van der Waals surface area (Å²) in [5, 5.41) is 9.95. The van der Waals surface area contributed by atoms with Crippen molar-refractivity contribution in [1.82, 2.24) is 4.90 Å². The highest BCUT2D eigenvalue weighted by Gasteiger charge is 2.21. The Morgan fingerprint density at radius 2 is 2.29 bits per heavy atom. The van der Waals surface area contributed by atoms with E-state index in [0.717, 1.165) is 19.6 Å². The molecule has 1 N–H and O–H groups in total. The van der Waals surface area contributed by atoms with Gasteiger partial charge in [-0.25, -0.2) is 0 Å². The first-order valence-electron chi connectivity index (χ1n) is 7.12. The lowest BCUT2D eigenvalue weighted by atomic mass is 10.2. The second-order valence-electron chi connectivity index (χ2n) is 4.95. The Labute approximate surface area is 130 Å². The van der Waals surface area contributed by atoms with Crippen molar-refractivity contribution >= 4 is 11.6 Å². The van der Waals surface area contributed by atoms with Gasteiger partial charge in [0.2, 0.25) is 0 Å². The van der Waals surface area contributed by atoms with Gasteiger partial charge in [-0.3, -0.25) is 4.90 Å². The lowest BCUT2D eigenvalue weighted by Crippen LogP contribution is -2.44. The van der Waals surface area contributed by atoms with E-state index in [0.29, 0.717) is 35.3 Å². The average molecular weight is 316 g/mol. The maximum atomic E-state index is 9.45. The Morgan fingerprint density at radius 1 is 1.48 bits per heavy atom. The summed E-state index contributed by atoms with van der Waals surface area (Å²) in [6.45, 7) is 5.92. The van der Waals surface area contributed by atoms with Gasteiger partial charge in [0.05, 0.1) is 20.3 Å². The quantitative estimate of drug-likeness (QED) is 0.869. The van der Waals surface area contributed by atoms with Gasteiger partial charge in [0.25, 0.3) is 0 Å². The van der Waals surface area contributed by atoms with Crippen LogP contribution in [0.4, 0.5) is 0 Å². The molecule has 0 spiro atoms. The van der Waals surface area contributed by atoms with E-state index in [1.807, 2.05) is 0 Å². The molecule has 1 atom stereocenters. The fourth-order valence-corrected chi connectivity index (χ4v) is 2.63. The second kappa shape index (κ2) is 7.84. The van der Waals surface area contributed by atoms with Gasteiger partial charge < -0.3 is 19.3 Å². The first-order valence-corrected chi connectivity index (χ1v) is 7.49. The topological polar surface area (TPSA) is 51.2 Å². The Kier molecular flexibility index (Phi) is 6.11. The first kappa shape index (κ1) is 16.4. The van der Waals surface area contributed by atoms with Crippen LogP contribution in [0.15, 0.2) is 12.1 Å². The van der Waals surface area contributed by atoms with Gasteiger partial charge in [-0.1, -0.05) is 18.5 Å². The number of hydrogen-bond acceptors (Lipinski definition) is 5. The summed E-state index contributed by atoms with van der Waals surface area (Å²) in [5.41, 5.74) is 0.613. The van der Waals surface area contributed by atoms with E-state index in [4.69, 9.17) is 25.8 Å². The van der Waals surface area contributed by atoms with Crippen LogP contribution in [0.5, 0.6) is 11.5 Å². The molecule has 1 unspecified atom stereocenters. The summed E-state index contributed by atoms with van der Waals surface area (Å²) in [5.74, 6) is 1.05. The highest BCUT2D eigenvalue weighted by molar-refractivity contribution is 6.30. The fourth-order valence-electron chi connectivity index (χ4n) is 2.40. The van der Waals surface area contributed by atoms with E-state index in [1.54, 1.807) is 19.2 Å². The van der Waals surface area contributed by atoms with Crippen LogP contribution in [0.25, 0.3) is 0 Å². The number of halogens is 1. The van der Waals surface area contributed by atoms with Crippen molar-refractivity contribution in [3.63, 3.8) is 0 Å². The molecule has 21 heavy (non-hydrogen) atoms. The van der Waals surface area contributed by atoms with Gasteiger partial charge in [-0.05, 0) is 12.6 Å². The largest absolute Gasteiger partial charge is 0.493 e. The molecule has 5 nitrogen and oxygen atoms in total. The first-order chi connectivity index (χ1) is 10.2. The minimum absolute atomic E-state index is 0.0191. The average Bonchev–Trinajstić information content (AvgIpc) is 2.52. The highest BCUT2D eigenvalue weighted by Crippen LogP contribution is 2.35. The van der Waals surface area contributed by atoms with Crippen LogP contribution in [0.1, 0.15) is 12.5 Å². The van der Waals surface area contributed by atoms with Gasteiger partial charge in [-0.15, -0.1) is 0 Å². The SMILES string of the molecule is CCN1CCOC(COc2c(CO)cc(Cl)cc2OC)C1. The molecule has 1 aromatic rings. The number of nitrogens with zero attached hydrogens (tertiary/aromatic N) is 1. The zero-order chi connectivity index (χ0) is 15.2. The molecule has 2 rings (SSSR count). The van der Waals surface area contributed by atoms with Crippen molar-refractivity contribution in [3.05, 3.63) is 22.7 Å². The second-order valence-corrected chi connectivity index (χ2v) is 5.39. The number of aliphatic hydroxyl groups is 1. The molecule has 0 aromatic heterocycles. The molecule has 0 aliphatic carbocycles. The molecule has 0 radical (unpaired) electrons. The van der Waals surface area contributed by atoms with Crippen LogP contribution in [0, 0.1) is 0 Å². The Morgan fingerprint density at radius 3 is 2.95 bits per heavy atom. The Bertz CT molecular complexity index is 444. The van der Waals surface area contributed by atoms with Crippen LogP contribution < -0.4 is 9.47 Å². The number of aliphatic hydroxyl groups excluding tert-OH is 1. The molecule has 1 saturated heterocycles.